The maximum Gasteiger partial charge on any atom is 0.311 e. The first-order valence-electron chi connectivity index (χ1n) is 7.37. The van der Waals surface area contributed by atoms with Crippen molar-refractivity contribution in [2.45, 2.75) is 51.5 Å². The monoisotopic (exact) mass is 306 g/mol. The van der Waals surface area contributed by atoms with Gasteiger partial charge in [0.15, 0.2) is 0 Å². The van der Waals surface area contributed by atoms with Crippen molar-refractivity contribution >= 4 is 27.5 Å². The van der Waals surface area contributed by atoms with E-state index in [1.807, 2.05) is 0 Å². The Balaban J connectivity index is 2.08. The lowest BCUT2D eigenvalue weighted by molar-refractivity contribution is -0.138. The molecule has 0 aromatic carbocycles. The minimum absolute atomic E-state index is 0.0817. The molecule has 2 heterocycles. The number of carboxylic acids is 1. The number of hydrogen-bond acceptors (Lipinski definition) is 4. The maximum atomic E-state index is 12.6. The summed E-state index contributed by atoms with van der Waals surface area (Å²) < 4.78 is 1.63. The highest BCUT2D eigenvalue weighted by Gasteiger charge is 2.34. The average molecular weight is 306 g/mol. The molecule has 0 saturated carbocycles. The van der Waals surface area contributed by atoms with Crippen LogP contribution in [0.25, 0.3) is 10.2 Å². The molecule has 0 fully saturated rings. The first-order chi connectivity index (χ1) is 10.1. The van der Waals surface area contributed by atoms with E-state index in [4.69, 9.17) is 0 Å². The van der Waals surface area contributed by atoms with E-state index in [0.717, 1.165) is 36.1 Å². The Bertz CT molecular complexity index is 747. The predicted molar refractivity (Wildman–Crippen MR) is 82.1 cm³/mol. The smallest absolute Gasteiger partial charge is 0.311 e. The summed E-state index contributed by atoms with van der Waals surface area (Å²) in [4.78, 5) is 30.1. The van der Waals surface area contributed by atoms with Gasteiger partial charge in [0, 0.05) is 11.4 Å². The highest BCUT2D eigenvalue weighted by molar-refractivity contribution is 7.18. The molecule has 3 rings (SSSR count). The van der Waals surface area contributed by atoms with Gasteiger partial charge in [0.05, 0.1) is 17.6 Å². The summed E-state index contributed by atoms with van der Waals surface area (Å²) in [7, 11) is 0. The van der Waals surface area contributed by atoms with Gasteiger partial charge in [0.1, 0.15) is 4.83 Å². The fraction of sp³-hybridized carbons (Fsp3) is 0.533. The Morgan fingerprint density at radius 3 is 3.05 bits per heavy atom. The van der Waals surface area contributed by atoms with Gasteiger partial charge in [-0.05, 0) is 24.8 Å². The van der Waals surface area contributed by atoms with E-state index in [0.29, 0.717) is 23.2 Å². The second-order valence-electron chi connectivity index (χ2n) is 5.50. The van der Waals surface area contributed by atoms with Crippen molar-refractivity contribution in [1.29, 1.82) is 0 Å². The molecule has 6 heteroatoms. The standard InChI is InChI=1S/C15H18N2O3S/c1-2-3-4-7-17-8-16-13-12(14(17)18)11-9(15(19)20)5-6-10(11)21-13/h8-9H,2-7H2,1H3,(H,19,20). The Labute approximate surface area is 126 Å². The first kappa shape index (κ1) is 14.3. The van der Waals surface area contributed by atoms with E-state index in [-0.39, 0.29) is 5.56 Å². The van der Waals surface area contributed by atoms with Crippen LogP contribution in [0.2, 0.25) is 0 Å². The van der Waals surface area contributed by atoms with E-state index in [1.165, 1.54) is 11.3 Å². The molecular formula is C15H18N2O3S. The van der Waals surface area contributed by atoms with Gasteiger partial charge in [-0.2, -0.15) is 0 Å². The topological polar surface area (TPSA) is 72.2 Å². The van der Waals surface area contributed by atoms with E-state index >= 15 is 0 Å². The van der Waals surface area contributed by atoms with Gasteiger partial charge in [-0.15, -0.1) is 11.3 Å². The predicted octanol–water partition coefficient (Wildman–Crippen LogP) is 2.76. The van der Waals surface area contributed by atoms with Gasteiger partial charge in [-0.3, -0.25) is 14.2 Å². The lowest BCUT2D eigenvalue weighted by atomic mass is 10.0. The molecule has 0 saturated heterocycles. The van der Waals surface area contributed by atoms with Crippen LogP contribution in [0.3, 0.4) is 0 Å². The van der Waals surface area contributed by atoms with Crippen LogP contribution in [-0.4, -0.2) is 20.6 Å². The number of carbonyl (C=O) groups is 1. The van der Waals surface area contributed by atoms with Crippen molar-refractivity contribution in [3.05, 3.63) is 27.1 Å². The summed E-state index contributed by atoms with van der Waals surface area (Å²) in [6.45, 7) is 2.77. The van der Waals surface area contributed by atoms with Crippen LogP contribution in [0.5, 0.6) is 0 Å². The molecule has 112 valence electrons. The second kappa shape index (κ2) is 5.60. The number of hydrogen-bond donors (Lipinski definition) is 1. The minimum atomic E-state index is -0.839. The van der Waals surface area contributed by atoms with Crippen molar-refractivity contribution in [3.8, 4) is 0 Å². The average Bonchev–Trinajstić information content (AvgIpc) is 2.99. The van der Waals surface area contributed by atoms with Crippen molar-refractivity contribution in [2.24, 2.45) is 0 Å². The normalized spacial score (nSPS) is 17.3. The maximum absolute atomic E-state index is 12.6. The van der Waals surface area contributed by atoms with Crippen molar-refractivity contribution < 1.29 is 9.90 Å². The highest BCUT2D eigenvalue weighted by atomic mass is 32.1. The Kier molecular flexibility index (Phi) is 3.80. The SMILES string of the molecule is CCCCCn1cnc2sc3c(c2c1=O)C(C(=O)O)CC3. The molecule has 1 unspecified atom stereocenters. The summed E-state index contributed by atoms with van der Waals surface area (Å²) in [5.41, 5.74) is 0.645. The van der Waals surface area contributed by atoms with Gasteiger partial charge >= 0.3 is 5.97 Å². The molecule has 5 nitrogen and oxygen atoms in total. The van der Waals surface area contributed by atoms with Gasteiger partial charge in [0.25, 0.3) is 5.56 Å². The fourth-order valence-electron chi connectivity index (χ4n) is 3.01. The Morgan fingerprint density at radius 2 is 2.33 bits per heavy atom. The second-order valence-corrected chi connectivity index (χ2v) is 6.58. The number of thiophene rings is 1. The molecule has 21 heavy (non-hydrogen) atoms. The number of aromatic nitrogens is 2. The molecule has 2 aromatic rings. The molecule has 1 aliphatic carbocycles. The van der Waals surface area contributed by atoms with E-state index < -0.39 is 11.9 Å². The number of fused-ring (bicyclic) bond motifs is 3. The van der Waals surface area contributed by atoms with Crippen molar-refractivity contribution in [3.63, 3.8) is 0 Å². The molecule has 0 spiro atoms. The molecule has 1 aliphatic rings. The molecule has 1 N–H and O–H groups in total. The Hall–Kier alpha value is -1.69. The summed E-state index contributed by atoms with van der Waals surface area (Å²) >= 11 is 1.47. The van der Waals surface area contributed by atoms with Crippen LogP contribution in [0.15, 0.2) is 11.1 Å². The molecule has 0 bridgehead atoms. The largest absolute Gasteiger partial charge is 0.481 e. The summed E-state index contributed by atoms with van der Waals surface area (Å²) in [6, 6.07) is 0. The number of nitrogens with zero attached hydrogens (tertiary/aromatic N) is 2. The van der Waals surface area contributed by atoms with Crippen molar-refractivity contribution in [2.75, 3.05) is 0 Å². The lowest BCUT2D eigenvalue weighted by Crippen LogP contribution is -2.21. The summed E-state index contributed by atoms with van der Waals surface area (Å²) in [5.74, 6) is -1.39. The Morgan fingerprint density at radius 1 is 1.52 bits per heavy atom. The van der Waals surface area contributed by atoms with Crippen LogP contribution < -0.4 is 5.56 Å². The van der Waals surface area contributed by atoms with E-state index in [1.54, 1.807) is 10.9 Å². The molecule has 0 radical (unpaired) electrons. The van der Waals surface area contributed by atoms with Crippen LogP contribution in [-0.2, 0) is 17.8 Å². The lowest BCUT2D eigenvalue weighted by Gasteiger charge is -2.07. The fourth-order valence-corrected chi connectivity index (χ4v) is 4.21. The molecule has 1 atom stereocenters. The van der Waals surface area contributed by atoms with Crippen LogP contribution in [0.4, 0.5) is 0 Å². The van der Waals surface area contributed by atoms with E-state index in [9.17, 15) is 14.7 Å². The first-order valence-corrected chi connectivity index (χ1v) is 8.18. The minimum Gasteiger partial charge on any atom is -0.481 e. The molecule has 0 amide bonds. The molecular weight excluding hydrogens is 288 g/mol. The zero-order chi connectivity index (χ0) is 15.0. The highest BCUT2D eigenvalue weighted by Crippen LogP contribution is 2.41. The van der Waals surface area contributed by atoms with E-state index in [2.05, 4.69) is 11.9 Å². The van der Waals surface area contributed by atoms with Gasteiger partial charge < -0.3 is 5.11 Å². The molecule has 2 aromatic heterocycles. The molecule has 0 aliphatic heterocycles. The number of rotatable bonds is 5. The third-order valence-corrected chi connectivity index (χ3v) is 5.28. The zero-order valence-corrected chi connectivity index (χ0v) is 12.8. The van der Waals surface area contributed by atoms with Crippen LogP contribution in [0, 0.1) is 0 Å². The third kappa shape index (κ3) is 2.37. The van der Waals surface area contributed by atoms with Gasteiger partial charge in [-0.25, -0.2) is 4.98 Å². The van der Waals surface area contributed by atoms with Crippen LogP contribution in [0.1, 0.15) is 49.0 Å². The zero-order valence-electron chi connectivity index (χ0n) is 12.0. The summed E-state index contributed by atoms with van der Waals surface area (Å²) in [5, 5.41) is 9.89. The number of aliphatic carboxylic acids is 1. The van der Waals surface area contributed by atoms with Crippen molar-refractivity contribution in [1.82, 2.24) is 9.55 Å². The summed E-state index contributed by atoms with van der Waals surface area (Å²) in [6.07, 6.45) is 6.04. The van der Waals surface area contributed by atoms with Crippen LogP contribution >= 0.6 is 11.3 Å². The van der Waals surface area contributed by atoms with Gasteiger partial charge in [0.2, 0.25) is 0 Å². The number of aryl methyl sites for hydroxylation is 2. The quantitative estimate of drug-likeness (QED) is 0.862. The number of unbranched alkanes of at least 4 members (excludes halogenated alkanes) is 2. The van der Waals surface area contributed by atoms with Gasteiger partial charge in [-0.1, -0.05) is 19.8 Å². The number of carboxylic acid groups (broad SMARTS) is 1. The third-order valence-electron chi connectivity index (χ3n) is 4.10.